The number of rotatable bonds is 10. The van der Waals surface area contributed by atoms with E-state index < -0.39 is 4.92 Å². The molecule has 3 rings (SSSR count). The molecule has 0 saturated carbocycles. The van der Waals surface area contributed by atoms with E-state index in [1.165, 1.54) is 36.0 Å². The Hall–Kier alpha value is -3.37. The monoisotopic (exact) mass is 473 g/mol. The lowest BCUT2D eigenvalue weighted by molar-refractivity contribution is -0.384. The molecule has 0 aliphatic heterocycles. The number of amides is 1. The molecule has 0 aliphatic carbocycles. The van der Waals surface area contributed by atoms with E-state index in [-0.39, 0.29) is 24.0 Å². The van der Waals surface area contributed by atoms with Crippen molar-refractivity contribution < 1.29 is 14.5 Å². The molecule has 0 fully saturated rings. The number of carbonyl (C=O) groups excluding carboxylic acids is 1. The lowest BCUT2D eigenvalue weighted by Gasteiger charge is -2.11. The molecule has 0 bridgehead atoms. The van der Waals surface area contributed by atoms with Crippen LogP contribution >= 0.6 is 23.4 Å². The smallest absolute Gasteiger partial charge is 0.269 e. The highest BCUT2D eigenvalue weighted by Gasteiger charge is 2.15. The van der Waals surface area contributed by atoms with Gasteiger partial charge in [-0.25, -0.2) is 0 Å². The van der Waals surface area contributed by atoms with Crippen LogP contribution in [-0.2, 0) is 17.9 Å². The zero-order chi connectivity index (χ0) is 23.1. The summed E-state index contributed by atoms with van der Waals surface area (Å²) in [4.78, 5) is 22.5. The topological polar surface area (TPSA) is 112 Å². The zero-order valence-corrected chi connectivity index (χ0v) is 18.7. The molecule has 1 heterocycles. The number of allylic oxidation sites excluding steroid dienone is 1. The number of hydrogen-bond acceptors (Lipinski definition) is 7. The SMILES string of the molecule is C=CCn1c(COc2ccc(Cl)cc2C)nnc1SCC(=O)Nc1ccc([N+](=O)[O-])cc1. The first-order valence-electron chi connectivity index (χ1n) is 9.46. The summed E-state index contributed by atoms with van der Waals surface area (Å²) < 4.78 is 7.68. The van der Waals surface area contributed by atoms with Gasteiger partial charge in [0.1, 0.15) is 12.4 Å². The van der Waals surface area contributed by atoms with Crippen molar-refractivity contribution in [1.82, 2.24) is 14.8 Å². The Labute approximate surface area is 193 Å². The number of aromatic nitrogens is 3. The third kappa shape index (κ3) is 6.08. The van der Waals surface area contributed by atoms with Crippen LogP contribution in [0.25, 0.3) is 0 Å². The summed E-state index contributed by atoms with van der Waals surface area (Å²) in [6, 6.07) is 11.0. The number of non-ortho nitro benzene ring substituents is 1. The van der Waals surface area contributed by atoms with E-state index in [1.54, 1.807) is 18.2 Å². The van der Waals surface area contributed by atoms with Crippen LogP contribution in [0.2, 0.25) is 5.02 Å². The number of nitro groups is 1. The number of benzene rings is 2. The Morgan fingerprint density at radius 1 is 1.31 bits per heavy atom. The average Bonchev–Trinajstić information content (AvgIpc) is 3.14. The third-order valence-corrected chi connectivity index (χ3v) is 5.49. The largest absolute Gasteiger partial charge is 0.485 e. The van der Waals surface area contributed by atoms with E-state index in [1.807, 2.05) is 17.6 Å². The van der Waals surface area contributed by atoms with E-state index >= 15 is 0 Å². The van der Waals surface area contributed by atoms with Crippen LogP contribution in [0.1, 0.15) is 11.4 Å². The summed E-state index contributed by atoms with van der Waals surface area (Å²) >= 11 is 7.20. The van der Waals surface area contributed by atoms with Crippen LogP contribution in [0.4, 0.5) is 11.4 Å². The zero-order valence-electron chi connectivity index (χ0n) is 17.2. The van der Waals surface area contributed by atoms with Gasteiger partial charge in [0, 0.05) is 29.4 Å². The van der Waals surface area contributed by atoms with Gasteiger partial charge in [-0.05, 0) is 42.8 Å². The lowest BCUT2D eigenvalue weighted by Crippen LogP contribution is -2.15. The first kappa shape index (κ1) is 23.3. The standard InChI is InChI=1S/C21H20ClN5O4S/c1-3-10-26-19(12-31-18-9-4-15(22)11-14(18)2)24-25-21(26)32-13-20(28)23-16-5-7-17(8-6-16)27(29)30/h3-9,11H,1,10,12-13H2,2H3,(H,23,28). The van der Waals surface area contributed by atoms with Crippen molar-refractivity contribution in [3.05, 3.63) is 81.6 Å². The number of ether oxygens (including phenoxy) is 1. The van der Waals surface area contributed by atoms with Gasteiger partial charge in [0.2, 0.25) is 5.91 Å². The van der Waals surface area contributed by atoms with Crippen molar-refractivity contribution in [3.63, 3.8) is 0 Å². The van der Waals surface area contributed by atoms with E-state index in [0.29, 0.717) is 34.0 Å². The normalized spacial score (nSPS) is 10.6. The molecule has 0 saturated heterocycles. The number of nitrogens with one attached hydrogen (secondary N) is 1. The second kappa shape index (κ2) is 10.8. The van der Waals surface area contributed by atoms with Gasteiger partial charge < -0.3 is 10.1 Å². The Bertz CT molecular complexity index is 1130. The quantitative estimate of drug-likeness (QED) is 0.197. The second-order valence-corrected chi connectivity index (χ2v) is 8.02. The molecule has 3 aromatic rings. The summed E-state index contributed by atoms with van der Waals surface area (Å²) in [5, 5.41) is 22.9. The van der Waals surface area contributed by atoms with Crippen molar-refractivity contribution in [3.8, 4) is 5.75 Å². The number of thioether (sulfide) groups is 1. The third-order valence-electron chi connectivity index (χ3n) is 4.29. The highest BCUT2D eigenvalue weighted by molar-refractivity contribution is 7.99. The van der Waals surface area contributed by atoms with Crippen molar-refractivity contribution in [1.29, 1.82) is 0 Å². The summed E-state index contributed by atoms with van der Waals surface area (Å²) in [7, 11) is 0. The number of nitro benzene ring substituents is 1. The minimum Gasteiger partial charge on any atom is -0.485 e. The Kier molecular flexibility index (Phi) is 7.85. The lowest BCUT2D eigenvalue weighted by atomic mass is 10.2. The van der Waals surface area contributed by atoms with Crippen LogP contribution in [0.15, 0.2) is 60.3 Å². The van der Waals surface area contributed by atoms with Gasteiger partial charge in [-0.2, -0.15) is 0 Å². The Balaban J connectivity index is 1.61. The van der Waals surface area contributed by atoms with Gasteiger partial charge >= 0.3 is 0 Å². The Morgan fingerprint density at radius 3 is 2.72 bits per heavy atom. The summed E-state index contributed by atoms with van der Waals surface area (Å²) in [5.74, 6) is 1.10. The van der Waals surface area contributed by atoms with Crippen LogP contribution in [0, 0.1) is 17.0 Å². The maximum absolute atomic E-state index is 12.3. The summed E-state index contributed by atoms with van der Waals surface area (Å²) in [6.45, 7) is 6.31. The van der Waals surface area contributed by atoms with Gasteiger partial charge in [0.05, 0.1) is 10.7 Å². The average molecular weight is 474 g/mol. The number of hydrogen-bond donors (Lipinski definition) is 1. The van der Waals surface area contributed by atoms with E-state index in [2.05, 4.69) is 22.1 Å². The minimum absolute atomic E-state index is 0.0431. The van der Waals surface area contributed by atoms with Crippen LogP contribution < -0.4 is 10.1 Å². The molecule has 1 aromatic heterocycles. The molecule has 0 atom stereocenters. The van der Waals surface area contributed by atoms with Crippen LogP contribution in [-0.4, -0.2) is 31.3 Å². The second-order valence-electron chi connectivity index (χ2n) is 6.64. The van der Waals surface area contributed by atoms with Crippen molar-refractivity contribution >= 4 is 40.6 Å². The first-order chi connectivity index (χ1) is 15.4. The molecule has 32 heavy (non-hydrogen) atoms. The summed E-state index contributed by atoms with van der Waals surface area (Å²) in [6.07, 6.45) is 1.71. The summed E-state index contributed by atoms with van der Waals surface area (Å²) in [5.41, 5.74) is 1.34. The van der Waals surface area contributed by atoms with Gasteiger partial charge in [-0.1, -0.05) is 29.4 Å². The van der Waals surface area contributed by atoms with Crippen LogP contribution in [0.5, 0.6) is 5.75 Å². The molecular weight excluding hydrogens is 454 g/mol. The molecule has 9 nitrogen and oxygen atoms in total. The fourth-order valence-electron chi connectivity index (χ4n) is 2.76. The molecule has 0 aliphatic rings. The van der Waals surface area contributed by atoms with E-state index in [0.717, 1.165) is 5.56 Å². The maximum atomic E-state index is 12.3. The van der Waals surface area contributed by atoms with Gasteiger partial charge in [-0.3, -0.25) is 19.5 Å². The molecule has 0 unspecified atom stereocenters. The molecule has 0 radical (unpaired) electrons. The molecular formula is C21H20ClN5O4S. The Morgan fingerprint density at radius 2 is 2.06 bits per heavy atom. The molecule has 1 amide bonds. The molecule has 1 N–H and O–H groups in total. The fourth-order valence-corrected chi connectivity index (χ4v) is 3.75. The number of aryl methyl sites for hydroxylation is 1. The van der Waals surface area contributed by atoms with Gasteiger partial charge in [0.25, 0.3) is 5.69 Å². The number of anilines is 1. The van der Waals surface area contributed by atoms with Crippen LogP contribution in [0.3, 0.4) is 0 Å². The minimum atomic E-state index is -0.497. The highest BCUT2D eigenvalue weighted by atomic mass is 35.5. The van der Waals surface area contributed by atoms with Crippen molar-refractivity contribution in [2.45, 2.75) is 25.2 Å². The molecule has 166 valence electrons. The van der Waals surface area contributed by atoms with Crippen molar-refractivity contribution in [2.24, 2.45) is 0 Å². The van der Waals surface area contributed by atoms with Crippen molar-refractivity contribution in [2.75, 3.05) is 11.1 Å². The van der Waals surface area contributed by atoms with Gasteiger partial charge in [0.15, 0.2) is 11.0 Å². The first-order valence-corrected chi connectivity index (χ1v) is 10.8. The predicted octanol–water partition coefficient (Wildman–Crippen LogP) is 4.64. The maximum Gasteiger partial charge on any atom is 0.269 e. The predicted molar refractivity (Wildman–Crippen MR) is 123 cm³/mol. The van der Waals surface area contributed by atoms with E-state index in [4.69, 9.17) is 16.3 Å². The highest BCUT2D eigenvalue weighted by Crippen LogP contribution is 2.24. The molecule has 2 aromatic carbocycles. The van der Waals surface area contributed by atoms with E-state index in [9.17, 15) is 14.9 Å². The number of carbonyl (C=O) groups is 1. The fraction of sp³-hybridized carbons (Fsp3) is 0.190. The molecule has 11 heteroatoms. The molecule has 0 spiro atoms. The van der Waals surface area contributed by atoms with Gasteiger partial charge in [-0.15, -0.1) is 16.8 Å². The number of nitrogens with zero attached hydrogens (tertiary/aromatic N) is 4. The number of halogens is 1.